The largest absolute Gasteiger partial charge is 0.459 e. The first-order valence-electron chi connectivity index (χ1n) is 3.44. The van der Waals surface area contributed by atoms with Gasteiger partial charge in [0, 0.05) is 0 Å². The molecule has 0 amide bonds. The highest BCUT2D eigenvalue weighted by Gasteiger charge is 2.58. The maximum absolute atomic E-state index is 12.2. The van der Waals surface area contributed by atoms with Crippen molar-refractivity contribution in [2.24, 2.45) is 0 Å². The van der Waals surface area contributed by atoms with Crippen molar-refractivity contribution in [1.29, 1.82) is 0 Å². The Morgan fingerprint density at radius 3 is 2.00 bits per heavy atom. The van der Waals surface area contributed by atoms with Crippen LogP contribution in [0.5, 0.6) is 0 Å². The van der Waals surface area contributed by atoms with Gasteiger partial charge in [-0.25, -0.2) is 0 Å². The van der Waals surface area contributed by atoms with Crippen molar-refractivity contribution in [3.8, 4) is 0 Å². The SMILES string of the molecule is O=C(CC(Cl)Cl)OCC(F)(F)C(F)(F)F. The Bertz CT molecular complexity index is 228. The van der Waals surface area contributed by atoms with Gasteiger partial charge >= 0.3 is 18.1 Å². The Kier molecular flexibility index (Phi) is 5.05. The van der Waals surface area contributed by atoms with Crippen LogP contribution in [0, 0.1) is 0 Å². The molecule has 0 bridgehead atoms. The molecule has 0 aliphatic carbocycles. The number of carbonyl (C=O) groups excluding carboxylic acids is 1. The normalized spacial score (nSPS) is 13.1. The third kappa shape index (κ3) is 5.36. The van der Waals surface area contributed by atoms with E-state index in [-0.39, 0.29) is 0 Å². The number of esters is 1. The molecule has 0 N–H and O–H groups in total. The van der Waals surface area contributed by atoms with Crippen molar-refractivity contribution in [3.63, 3.8) is 0 Å². The molecule has 0 unspecified atom stereocenters. The van der Waals surface area contributed by atoms with Gasteiger partial charge in [-0.15, -0.1) is 23.2 Å². The summed E-state index contributed by atoms with van der Waals surface area (Å²) in [7, 11) is 0. The standard InChI is InChI=1S/C6H5Cl2F5O2/c7-3(8)1-4(14)15-2-5(9,10)6(11,12)13/h3H,1-2H2. The summed E-state index contributed by atoms with van der Waals surface area (Å²) >= 11 is 10.1. The Morgan fingerprint density at radius 2 is 1.67 bits per heavy atom. The summed E-state index contributed by atoms with van der Waals surface area (Å²) < 4.78 is 62.6. The van der Waals surface area contributed by atoms with Gasteiger partial charge in [-0.3, -0.25) is 4.79 Å². The third-order valence-electron chi connectivity index (χ3n) is 1.15. The smallest absolute Gasteiger partial charge is 0.456 e. The van der Waals surface area contributed by atoms with E-state index in [1.165, 1.54) is 0 Å². The van der Waals surface area contributed by atoms with Crippen LogP contribution in [-0.2, 0) is 9.53 Å². The van der Waals surface area contributed by atoms with Gasteiger partial charge in [0.15, 0.2) is 6.61 Å². The molecule has 2 nitrogen and oxygen atoms in total. The molecule has 0 aromatic heterocycles. The van der Waals surface area contributed by atoms with Gasteiger partial charge in [-0.2, -0.15) is 22.0 Å². The van der Waals surface area contributed by atoms with Gasteiger partial charge in [-0.05, 0) is 0 Å². The average molecular weight is 275 g/mol. The van der Waals surface area contributed by atoms with Gasteiger partial charge < -0.3 is 4.74 Å². The number of halogens is 7. The molecule has 0 aliphatic heterocycles. The highest BCUT2D eigenvalue weighted by atomic mass is 35.5. The van der Waals surface area contributed by atoms with Crippen molar-refractivity contribution in [2.45, 2.75) is 23.4 Å². The fourth-order valence-electron chi connectivity index (χ4n) is 0.438. The van der Waals surface area contributed by atoms with E-state index in [1.54, 1.807) is 0 Å². The molecule has 0 spiro atoms. The molecule has 0 radical (unpaired) electrons. The van der Waals surface area contributed by atoms with E-state index in [2.05, 4.69) is 4.74 Å². The quantitative estimate of drug-likeness (QED) is 0.448. The lowest BCUT2D eigenvalue weighted by Gasteiger charge is -2.19. The molecule has 0 aliphatic rings. The van der Waals surface area contributed by atoms with Gasteiger partial charge in [0.2, 0.25) is 0 Å². The van der Waals surface area contributed by atoms with Crippen LogP contribution < -0.4 is 0 Å². The molecule has 0 fully saturated rings. The second-order valence-electron chi connectivity index (χ2n) is 2.46. The van der Waals surface area contributed by atoms with Crippen LogP contribution in [0.2, 0.25) is 0 Å². The minimum absolute atomic E-state index is 0.656. The summed E-state index contributed by atoms with van der Waals surface area (Å²) in [6.45, 7) is -2.07. The molecule has 0 saturated heterocycles. The predicted molar refractivity (Wildman–Crippen MR) is 42.1 cm³/mol. The first-order chi connectivity index (χ1) is 6.56. The lowest BCUT2D eigenvalue weighted by molar-refractivity contribution is -0.294. The number of hydrogen-bond acceptors (Lipinski definition) is 2. The zero-order chi connectivity index (χ0) is 12.3. The first-order valence-corrected chi connectivity index (χ1v) is 4.32. The molecular weight excluding hydrogens is 270 g/mol. The molecule has 0 aromatic carbocycles. The van der Waals surface area contributed by atoms with Crippen LogP contribution in [0.25, 0.3) is 0 Å². The van der Waals surface area contributed by atoms with Crippen molar-refractivity contribution < 1.29 is 31.5 Å². The topological polar surface area (TPSA) is 26.3 Å². The molecule has 0 rings (SSSR count). The summed E-state index contributed by atoms with van der Waals surface area (Å²) in [5, 5.41) is 0. The van der Waals surface area contributed by atoms with Crippen molar-refractivity contribution in [3.05, 3.63) is 0 Å². The van der Waals surface area contributed by atoms with Crippen LogP contribution >= 0.6 is 23.2 Å². The summed E-state index contributed by atoms with van der Waals surface area (Å²) in [6, 6.07) is 0. The predicted octanol–water partition coefficient (Wildman–Crippen LogP) is 2.92. The summed E-state index contributed by atoms with van der Waals surface area (Å²) in [6.07, 6.45) is -6.41. The van der Waals surface area contributed by atoms with E-state index in [9.17, 15) is 26.7 Å². The molecule has 0 aromatic rings. The minimum atomic E-state index is -5.76. The van der Waals surface area contributed by atoms with Gasteiger partial charge in [0.25, 0.3) is 0 Å². The molecule has 0 atom stereocenters. The van der Waals surface area contributed by atoms with Gasteiger partial charge in [-0.1, -0.05) is 0 Å². The Labute approximate surface area is 91.3 Å². The molecule has 9 heteroatoms. The molecule has 90 valence electrons. The molecule has 0 heterocycles. The van der Waals surface area contributed by atoms with Gasteiger partial charge in [0.1, 0.15) is 4.84 Å². The van der Waals surface area contributed by atoms with Crippen molar-refractivity contribution in [2.75, 3.05) is 6.61 Å². The summed E-state index contributed by atoms with van der Waals surface area (Å²) in [5.41, 5.74) is 0. The van der Waals surface area contributed by atoms with E-state index in [1.807, 2.05) is 0 Å². The van der Waals surface area contributed by atoms with Gasteiger partial charge in [0.05, 0.1) is 6.42 Å². The van der Waals surface area contributed by atoms with E-state index in [0.717, 1.165) is 0 Å². The lowest BCUT2D eigenvalue weighted by atomic mass is 10.3. The molecule has 15 heavy (non-hydrogen) atoms. The molecule has 0 saturated carbocycles. The van der Waals surface area contributed by atoms with Crippen LogP contribution in [0.15, 0.2) is 0 Å². The second-order valence-corrected chi connectivity index (χ2v) is 3.74. The molecular formula is C6H5Cl2F5O2. The minimum Gasteiger partial charge on any atom is -0.459 e. The fraction of sp³-hybridized carbons (Fsp3) is 0.833. The van der Waals surface area contributed by atoms with Crippen LogP contribution in [0.1, 0.15) is 6.42 Å². The monoisotopic (exact) mass is 274 g/mol. The highest BCUT2D eigenvalue weighted by molar-refractivity contribution is 6.45. The number of rotatable bonds is 4. The summed E-state index contributed by atoms with van der Waals surface area (Å²) in [5.74, 6) is -6.40. The van der Waals surface area contributed by atoms with Crippen LogP contribution in [-0.4, -0.2) is 29.5 Å². The van der Waals surface area contributed by atoms with E-state index in [0.29, 0.717) is 0 Å². The Morgan fingerprint density at radius 1 is 1.20 bits per heavy atom. The summed E-state index contributed by atoms with van der Waals surface area (Å²) in [4.78, 5) is 9.32. The van der Waals surface area contributed by atoms with Crippen LogP contribution in [0.3, 0.4) is 0 Å². The zero-order valence-corrected chi connectivity index (χ0v) is 8.47. The lowest BCUT2D eigenvalue weighted by Crippen LogP contribution is -2.41. The average Bonchev–Trinajstić information content (AvgIpc) is 1.97. The number of carbonyl (C=O) groups is 1. The maximum atomic E-state index is 12.2. The number of alkyl halides is 7. The first kappa shape index (κ1) is 14.7. The van der Waals surface area contributed by atoms with Crippen molar-refractivity contribution >= 4 is 29.2 Å². The van der Waals surface area contributed by atoms with Crippen molar-refractivity contribution in [1.82, 2.24) is 0 Å². The zero-order valence-electron chi connectivity index (χ0n) is 6.95. The third-order valence-corrected chi connectivity index (χ3v) is 1.46. The fourth-order valence-corrected chi connectivity index (χ4v) is 0.690. The maximum Gasteiger partial charge on any atom is 0.456 e. The van der Waals surface area contributed by atoms with Crippen LogP contribution in [0.4, 0.5) is 22.0 Å². The Balaban J connectivity index is 4.10. The Hall–Kier alpha value is -0.300. The van der Waals surface area contributed by atoms with E-state index in [4.69, 9.17) is 23.2 Å². The highest BCUT2D eigenvalue weighted by Crippen LogP contribution is 2.35. The number of hydrogen-bond donors (Lipinski definition) is 0. The second kappa shape index (κ2) is 5.16. The van der Waals surface area contributed by atoms with E-state index < -0.39 is 35.9 Å². The van der Waals surface area contributed by atoms with E-state index >= 15 is 0 Å². The number of ether oxygens (including phenoxy) is 1.